The van der Waals surface area contributed by atoms with Gasteiger partial charge in [-0.25, -0.2) is 4.39 Å². The van der Waals surface area contributed by atoms with Gasteiger partial charge in [0.2, 0.25) is 5.91 Å². The Morgan fingerprint density at radius 3 is 2.78 bits per heavy atom. The van der Waals surface area contributed by atoms with Crippen LogP contribution in [0.4, 0.5) is 10.1 Å². The van der Waals surface area contributed by atoms with Crippen LogP contribution in [-0.4, -0.2) is 12.5 Å². The van der Waals surface area contributed by atoms with E-state index in [2.05, 4.69) is 26.6 Å². The molecule has 2 N–H and O–H groups in total. The maximum atomic E-state index is 14.5. The molecule has 0 saturated carbocycles. The van der Waals surface area contributed by atoms with Crippen molar-refractivity contribution in [3.63, 3.8) is 0 Å². The maximum absolute atomic E-state index is 14.5. The summed E-state index contributed by atoms with van der Waals surface area (Å²) in [6.45, 7) is 1.45. The SMILES string of the molecule is O=C(CCc1ccc(Br)cc1)Nc1ccc2c(c1F)CCNC2. The first-order valence-corrected chi connectivity index (χ1v) is 8.48. The molecular formula is C18H18BrFN2O. The number of nitrogens with one attached hydrogen (secondary N) is 2. The zero-order chi connectivity index (χ0) is 16.2. The Morgan fingerprint density at radius 1 is 1.22 bits per heavy atom. The molecular weight excluding hydrogens is 359 g/mol. The van der Waals surface area contributed by atoms with E-state index in [9.17, 15) is 9.18 Å². The lowest BCUT2D eigenvalue weighted by molar-refractivity contribution is -0.116. The molecule has 2 aromatic rings. The molecule has 0 bridgehead atoms. The zero-order valence-electron chi connectivity index (χ0n) is 12.7. The van der Waals surface area contributed by atoms with E-state index in [-0.39, 0.29) is 17.4 Å². The Balaban J connectivity index is 1.62. The van der Waals surface area contributed by atoms with Crippen LogP contribution < -0.4 is 10.6 Å². The molecule has 1 aliphatic heterocycles. The molecule has 1 aliphatic rings. The molecule has 3 nitrogen and oxygen atoms in total. The molecule has 0 spiro atoms. The van der Waals surface area contributed by atoms with Crippen molar-refractivity contribution in [3.8, 4) is 0 Å². The molecule has 0 radical (unpaired) electrons. The Labute approximate surface area is 143 Å². The molecule has 1 amide bonds. The lowest BCUT2D eigenvalue weighted by Gasteiger charge is -2.19. The van der Waals surface area contributed by atoms with Gasteiger partial charge in [-0.2, -0.15) is 0 Å². The van der Waals surface area contributed by atoms with Crippen molar-refractivity contribution in [2.75, 3.05) is 11.9 Å². The van der Waals surface area contributed by atoms with Gasteiger partial charge < -0.3 is 10.6 Å². The highest BCUT2D eigenvalue weighted by atomic mass is 79.9. The molecule has 0 unspecified atom stereocenters. The number of amides is 1. The van der Waals surface area contributed by atoms with Crippen molar-refractivity contribution in [2.45, 2.75) is 25.8 Å². The number of hydrogen-bond donors (Lipinski definition) is 2. The number of carbonyl (C=O) groups is 1. The first-order chi connectivity index (χ1) is 11.1. The number of carbonyl (C=O) groups excluding carboxylic acids is 1. The van der Waals surface area contributed by atoms with Crippen LogP contribution >= 0.6 is 15.9 Å². The first-order valence-electron chi connectivity index (χ1n) is 7.69. The number of aryl methyl sites for hydroxylation is 1. The number of benzene rings is 2. The van der Waals surface area contributed by atoms with Crippen molar-refractivity contribution >= 4 is 27.5 Å². The summed E-state index contributed by atoms with van der Waals surface area (Å²) in [5.41, 5.74) is 3.06. The van der Waals surface area contributed by atoms with Crippen LogP contribution in [0, 0.1) is 5.82 Å². The minimum absolute atomic E-state index is 0.166. The van der Waals surface area contributed by atoms with Crippen molar-refractivity contribution in [2.24, 2.45) is 0 Å². The molecule has 2 aromatic carbocycles. The van der Waals surface area contributed by atoms with Crippen LogP contribution in [0.15, 0.2) is 40.9 Å². The first kappa shape index (κ1) is 16.1. The van der Waals surface area contributed by atoms with E-state index >= 15 is 0 Å². The molecule has 5 heteroatoms. The third-order valence-electron chi connectivity index (χ3n) is 4.04. The predicted octanol–water partition coefficient (Wildman–Crippen LogP) is 3.81. The van der Waals surface area contributed by atoms with Gasteiger partial charge in [-0.3, -0.25) is 4.79 Å². The quantitative estimate of drug-likeness (QED) is 0.851. The van der Waals surface area contributed by atoms with E-state index in [1.165, 1.54) is 0 Å². The monoisotopic (exact) mass is 376 g/mol. The van der Waals surface area contributed by atoms with Gasteiger partial charge in [0.1, 0.15) is 5.82 Å². The standard InChI is InChI=1S/C18H18BrFN2O/c19-14-5-1-12(2-6-14)3-8-17(23)22-16-7-4-13-11-21-10-9-15(13)18(16)20/h1-2,4-7,21H,3,8-11H2,(H,22,23). The van der Waals surface area contributed by atoms with Crippen molar-refractivity contribution in [1.29, 1.82) is 0 Å². The van der Waals surface area contributed by atoms with E-state index in [1.54, 1.807) is 6.07 Å². The fourth-order valence-corrected chi connectivity index (χ4v) is 3.02. The van der Waals surface area contributed by atoms with Gasteiger partial charge in [-0.1, -0.05) is 34.1 Å². The molecule has 1 heterocycles. The highest BCUT2D eigenvalue weighted by Crippen LogP contribution is 2.24. The van der Waals surface area contributed by atoms with Crippen LogP contribution in [0.5, 0.6) is 0 Å². The Kier molecular flexibility index (Phi) is 5.08. The fraction of sp³-hybridized carbons (Fsp3) is 0.278. The van der Waals surface area contributed by atoms with Gasteiger partial charge in [-0.15, -0.1) is 0 Å². The summed E-state index contributed by atoms with van der Waals surface area (Å²) in [6, 6.07) is 11.4. The Bertz CT molecular complexity index is 716. The van der Waals surface area contributed by atoms with E-state index in [0.29, 0.717) is 25.8 Å². The summed E-state index contributed by atoms with van der Waals surface area (Å²) < 4.78 is 15.5. The van der Waals surface area contributed by atoms with Gasteiger partial charge in [0.05, 0.1) is 5.69 Å². The normalized spacial score (nSPS) is 13.5. The molecule has 3 rings (SSSR count). The van der Waals surface area contributed by atoms with Gasteiger partial charge in [0.25, 0.3) is 0 Å². The average Bonchev–Trinajstić information content (AvgIpc) is 2.57. The van der Waals surface area contributed by atoms with Crippen molar-refractivity contribution in [3.05, 3.63) is 63.4 Å². The van der Waals surface area contributed by atoms with E-state index < -0.39 is 0 Å². The summed E-state index contributed by atoms with van der Waals surface area (Å²) >= 11 is 3.38. The lowest BCUT2D eigenvalue weighted by Crippen LogP contribution is -2.25. The van der Waals surface area contributed by atoms with Crippen LogP contribution in [0.3, 0.4) is 0 Å². The van der Waals surface area contributed by atoms with Crippen LogP contribution in [0.25, 0.3) is 0 Å². The molecule has 120 valence electrons. The Morgan fingerprint density at radius 2 is 2.00 bits per heavy atom. The Hall–Kier alpha value is -1.72. The summed E-state index contributed by atoms with van der Waals surface area (Å²) in [7, 11) is 0. The second-order valence-electron chi connectivity index (χ2n) is 5.67. The minimum atomic E-state index is -0.291. The summed E-state index contributed by atoms with van der Waals surface area (Å²) in [6.07, 6.45) is 1.62. The third-order valence-corrected chi connectivity index (χ3v) is 4.56. The minimum Gasteiger partial charge on any atom is -0.324 e. The van der Waals surface area contributed by atoms with Crippen molar-refractivity contribution < 1.29 is 9.18 Å². The zero-order valence-corrected chi connectivity index (χ0v) is 14.2. The lowest BCUT2D eigenvalue weighted by atomic mass is 9.99. The predicted molar refractivity (Wildman–Crippen MR) is 92.9 cm³/mol. The van der Waals surface area contributed by atoms with Crippen LogP contribution in [0.1, 0.15) is 23.1 Å². The number of halogens is 2. The van der Waals surface area contributed by atoms with Crippen LogP contribution in [0.2, 0.25) is 0 Å². The summed E-state index contributed by atoms with van der Waals surface area (Å²) in [4.78, 5) is 12.1. The van der Waals surface area contributed by atoms with E-state index in [4.69, 9.17) is 0 Å². The highest BCUT2D eigenvalue weighted by molar-refractivity contribution is 9.10. The molecule has 0 saturated heterocycles. The third kappa shape index (κ3) is 3.98. The second kappa shape index (κ2) is 7.23. The maximum Gasteiger partial charge on any atom is 0.224 e. The fourth-order valence-electron chi connectivity index (χ4n) is 2.75. The van der Waals surface area contributed by atoms with Crippen LogP contribution in [-0.2, 0) is 24.2 Å². The topological polar surface area (TPSA) is 41.1 Å². The van der Waals surface area contributed by atoms with Gasteiger partial charge in [-0.05, 0) is 54.3 Å². The summed E-state index contributed by atoms with van der Waals surface area (Å²) in [5, 5.41) is 5.91. The van der Waals surface area contributed by atoms with E-state index in [0.717, 1.165) is 27.7 Å². The molecule has 0 aromatic heterocycles. The van der Waals surface area contributed by atoms with Crippen molar-refractivity contribution in [1.82, 2.24) is 5.32 Å². The molecule has 0 aliphatic carbocycles. The van der Waals surface area contributed by atoms with Gasteiger partial charge in [0, 0.05) is 17.4 Å². The molecule has 0 fully saturated rings. The van der Waals surface area contributed by atoms with Gasteiger partial charge >= 0.3 is 0 Å². The number of fused-ring (bicyclic) bond motifs is 1. The largest absolute Gasteiger partial charge is 0.324 e. The average molecular weight is 377 g/mol. The smallest absolute Gasteiger partial charge is 0.224 e. The van der Waals surface area contributed by atoms with E-state index in [1.807, 2.05) is 30.3 Å². The summed E-state index contributed by atoms with van der Waals surface area (Å²) in [5.74, 6) is -0.457. The highest BCUT2D eigenvalue weighted by Gasteiger charge is 2.17. The molecule has 23 heavy (non-hydrogen) atoms. The molecule has 0 atom stereocenters. The van der Waals surface area contributed by atoms with Gasteiger partial charge in [0.15, 0.2) is 0 Å². The number of hydrogen-bond acceptors (Lipinski definition) is 2. The number of rotatable bonds is 4. The number of anilines is 1. The second-order valence-corrected chi connectivity index (χ2v) is 6.58.